The highest BCUT2D eigenvalue weighted by molar-refractivity contribution is 5.80. The molecule has 0 bridgehead atoms. The molecule has 3 nitrogen and oxygen atoms in total. The van der Waals surface area contributed by atoms with Crippen molar-refractivity contribution in [2.45, 2.75) is 6.42 Å². The molecule has 0 heterocycles. The van der Waals surface area contributed by atoms with Gasteiger partial charge in [0.1, 0.15) is 11.5 Å². The van der Waals surface area contributed by atoms with Gasteiger partial charge in [0, 0.05) is 12.8 Å². The van der Waals surface area contributed by atoms with Crippen molar-refractivity contribution in [3.63, 3.8) is 0 Å². The van der Waals surface area contributed by atoms with Crippen LogP contribution in [0.5, 0.6) is 11.5 Å². The van der Waals surface area contributed by atoms with Gasteiger partial charge in [0.25, 0.3) is 0 Å². The summed E-state index contributed by atoms with van der Waals surface area (Å²) in [4.78, 5) is 4.35. The largest absolute Gasteiger partial charge is 0.508 e. The molecule has 1 N–H and O–H groups in total. The zero-order valence-corrected chi connectivity index (χ0v) is 10.9. The number of hydrogen-bond donors (Lipinski definition) is 1. The Bertz CT molecular complexity index is 547. The SMILES string of the molecule is COc1ccc(CCN=Cc2cccc(O)c2)cc1. The van der Waals surface area contributed by atoms with E-state index in [9.17, 15) is 5.11 Å². The number of aliphatic imine (C=N–C) groups is 1. The number of rotatable bonds is 5. The molecule has 0 spiro atoms. The third kappa shape index (κ3) is 4.14. The Balaban J connectivity index is 1.85. The first kappa shape index (κ1) is 13.1. The zero-order valence-electron chi connectivity index (χ0n) is 10.9. The standard InChI is InChI=1S/C16H17NO2/c1-19-16-7-5-13(6-8-16)9-10-17-12-14-3-2-4-15(18)11-14/h2-8,11-12,18H,9-10H2,1H3. The Morgan fingerprint density at radius 1 is 1.16 bits per heavy atom. The average molecular weight is 255 g/mol. The first-order valence-electron chi connectivity index (χ1n) is 6.20. The molecule has 0 fully saturated rings. The topological polar surface area (TPSA) is 41.8 Å². The number of phenols is 1. The molecule has 0 saturated heterocycles. The second-order valence-corrected chi connectivity index (χ2v) is 4.23. The fourth-order valence-electron chi connectivity index (χ4n) is 1.76. The zero-order chi connectivity index (χ0) is 13.5. The molecular formula is C16H17NO2. The van der Waals surface area contributed by atoms with Gasteiger partial charge in [0.2, 0.25) is 0 Å². The monoisotopic (exact) mass is 255 g/mol. The van der Waals surface area contributed by atoms with Crippen molar-refractivity contribution in [1.29, 1.82) is 0 Å². The maximum Gasteiger partial charge on any atom is 0.118 e. The minimum Gasteiger partial charge on any atom is -0.508 e. The van der Waals surface area contributed by atoms with Crippen LogP contribution in [-0.2, 0) is 6.42 Å². The van der Waals surface area contributed by atoms with Crippen LogP contribution < -0.4 is 4.74 Å². The molecular weight excluding hydrogens is 238 g/mol. The first-order chi connectivity index (χ1) is 9.28. The Morgan fingerprint density at radius 2 is 1.95 bits per heavy atom. The van der Waals surface area contributed by atoms with Crippen molar-refractivity contribution in [2.24, 2.45) is 4.99 Å². The average Bonchev–Trinajstić information content (AvgIpc) is 2.44. The number of nitrogens with zero attached hydrogens (tertiary/aromatic N) is 1. The van der Waals surface area contributed by atoms with Crippen LogP contribution in [0, 0.1) is 0 Å². The highest BCUT2D eigenvalue weighted by atomic mass is 16.5. The number of hydrogen-bond acceptors (Lipinski definition) is 3. The molecule has 2 aromatic carbocycles. The van der Waals surface area contributed by atoms with Gasteiger partial charge in [-0.1, -0.05) is 24.3 Å². The lowest BCUT2D eigenvalue weighted by Gasteiger charge is -2.01. The van der Waals surface area contributed by atoms with E-state index in [1.54, 1.807) is 31.5 Å². The van der Waals surface area contributed by atoms with Crippen LogP contribution in [0.25, 0.3) is 0 Å². The molecule has 0 amide bonds. The highest BCUT2D eigenvalue weighted by Crippen LogP contribution is 2.12. The summed E-state index contributed by atoms with van der Waals surface area (Å²) >= 11 is 0. The van der Waals surface area contributed by atoms with Crippen LogP contribution in [0.1, 0.15) is 11.1 Å². The van der Waals surface area contributed by atoms with Crippen LogP contribution in [0.2, 0.25) is 0 Å². The van der Waals surface area contributed by atoms with E-state index in [-0.39, 0.29) is 5.75 Å². The van der Waals surface area contributed by atoms with Gasteiger partial charge in [0.05, 0.1) is 7.11 Å². The lowest BCUT2D eigenvalue weighted by Crippen LogP contribution is -1.91. The summed E-state index contributed by atoms with van der Waals surface area (Å²) in [6.45, 7) is 0.724. The summed E-state index contributed by atoms with van der Waals surface area (Å²) in [5.74, 6) is 1.13. The molecule has 0 aliphatic carbocycles. The second kappa shape index (κ2) is 6.59. The van der Waals surface area contributed by atoms with Gasteiger partial charge in [-0.2, -0.15) is 0 Å². The number of aromatic hydroxyl groups is 1. The van der Waals surface area contributed by atoms with Gasteiger partial charge in [0.15, 0.2) is 0 Å². The van der Waals surface area contributed by atoms with E-state index in [0.717, 1.165) is 24.3 Å². The minimum absolute atomic E-state index is 0.263. The summed E-state index contributed by atoms with van der Waals surface area (Å²) < 4.78 is 5.11. The molecule has 2 aromatic rings. The van der Waals surface area contributed by atoms with E-state index in [4.69, 9.17) is 4.74 Å². The van der Waals surface area contributed by atoms with Gasteiger partial charge in [-0.05, 0) is 41.8 Å². The lowest BCUT2D eigenvalue weighted by atomic mass is 10.1. The normalized spacial score (nSPS) is 10.8. The number of ether oxygens (including phenoxy) is 1. The third-order valence-electron chi connectivity index (χ3n) is 2.80. The van der Waals surface area contributed by atoms with Crippen LogP contribution in [-0.4, -0.2) is 25.0 Å². The Hall–Kier alpha value is -2.29. The fourth-order valence-corrected chi connectivity index (χ4v) is 1.76. The van der Waals surface area contributed by atoms with E-state index < -0.39 is 0 Å². The van der Waals surface area contributed by atoms with Crippen molar-refractivity contribution >= 4 is 6.21 Å². The molecule has 98 valence electrons. The van der Waals surface area contributed by atoms with E-state index >= 15 is 0 Å². The van der Waals surface area contributed by atoms with Crippen molar-refractivity contribution in [2.75, 3.05) is 13.7 Å². The molecule has 3 heteroatoms. The van der Waals surface area contributed by atoms with Crippen LogP contribution in [0.3, 0.4) is 0 Å². The molecule has 0 atom stereocenters. The van der Waals surface area contributed by atoms with E-state index in [0.29, 0.717) is 0 Å². The van der Waals surface area contributed by atoms with E-state index in [1.807, 2.05) is 30.3 Å². The number of methoxy groups -OCH3 is 1. The summed E-state index contributed by atoms with van der Waals surface area (Å²) in [6, 6.07) is 15.1. The van der Waals surface area contributed by atoms with Gasteiger partial charge in [-0.25, -0.2) is 0 Å². The predicted octanol–water partition coefficient (Wildman–Crippen LogP) is 3.06. The molecule has 0 unspecified atom stereocenters. The number of phenolic OH excluding ortho intramolecular Hbond substituents is 1. The van der Waals surface area contributed by atoms with Crippen molar-refractivity contribution < 1.29 is 9.84 Å². The second-order valence-electron chi connectivity index (χ2n) is 4.23. The number of benzene rings is 2. The van der Waals surface area contributed by atoms with Gasteiger partial charge >= 0.3 is 0 Å². The quantitative estimate of drug-likeness (QED) is 0.834. The molecule has 0 radical (unpaired) electrons. The summed E-state index contributed by atoms with van der Waals surface area (Å²) in [7, 11) is 1.66. The molecule has 0 aromatic heterocycles. The Kier molecular flexibility index (Phi) is 4.56. The molecule has 2 rings (SSSR count). The molecule has 19 heavy (non-hydrogen) atoms. The summed E-state index contributed by atoms with van der Waals surface area (Å²) in [6.07, 6.45) is 2.67. The molecule has 0 aliphatic heterocycles. The van der Waals surface area contributed by atoms with Crippen molar-refractivity contribution in [3.05, 3.63) is 59.7 Å². The predicted molar refractivity (Wildman–Crippen MR) is 77.3 cm³/mol. The maximum absolute atomic E-state index is 9.32. The lowest BCUT2D eigenvalue weighted by molar-refractivity contribution is 0.414. The Labute approximate surface area is 113 Å². The maximum atomic E-state index is 9.32. The van der Waals surface area contributed by atoms with E-state index in [2.05, 4.69) is 4.99 Å². The van der Waals surface area contributed by atoms with Crippen LogP contribution in [0.15, 0.2) is 53.5 Å². The third-order valence-corrected chi connectivity index (χ3v) is 2.80. The van der Waals surface area contributed by atoms with Gasteiger partial charge in [-0.3, -0.25) is 4.99 Å². The smallest absolute Gasteiger partial charge is 0.118 e. The minimum atomic E-state index is 0.263. The van der Waals surface area contributed by atoms with Crippen LogP contribution >= 0.6 is 0 Å². The van der Waals surface area contributed by atoms with Crippen molar-refractivity contribution in [3.8, 4) is 11.5 Å². The summed E-state index contributed by atoms with van der Waals surface area (Å²) in [5, 5.41) is 9.32. The van der Waals surface area contributed by atoms with Crippen LogP contribution in [0.4, 0.5) is 0 Å². The fraction of sp³-hybridized carbons (Fsp3) is 0.188. The highest BCUT2D eigenvalue weighted by Gasteiger charge is 1.94. The molecule has 0 aliphatic rings. The van der Waals surface area contributed by atoms with Crippen molar-refractivity contribution in [1.82, 2.24) is 0 Å². The Morgan fingerprint density at radius 3 is 2.63 bits per heavy atom. The first-order valence-corrected chi connectivity index (χ1v) is 6.20. The van der Waals surface area contributed by atoms with Gasteiger partial charge in [-0.15, -0.1) is 0 Å². The van der Waals surface area contributed by atoms with Gasteiger partial charge < -0.3 is 9.84 Å². The van der Waals surface area contributed by atoms with E-state index in [1.165, 1.54) is 5.56 Å². The molecule has 0 saturated carbocycles. The summed E-state index contributed by atoms with van der Waals surface area (Å²) in [5.41, 5.74) is 2.14.